The van der Waals surface area contributed by atoms with Gasteiger partial charge in [-0.05, 0) is 44.6 Å². The molecule has 98 valence electrons. The van der Waals surface area contributed by atoms with Crippen LogP contribution < -0.4 is 10.6 Å². The number of hydrogen-bond acceptors (Lipinski definition) is 2. The normalized spacial score (nSPS) is 36.8. The van der Waals surface area contributed by atoms with Crippen molar-refractivity contribution < 1.29 is 4.79 Å². The molecule has 0 bridgehead atoms. The number of hydrogen-bond donors (Lipinski definition) is 2. The Morgan fingerprint density at radius 1 is 1.35 bits per heavy atom. The van der Waals surface area contributed by atoms with Gasteiger partial charge in [-0.15, -0.1) is 0 Å². The Morgan fingerprint density at radius 2 is 2.12 bits per heavy atom. The molecule has 1 amide bonds. The van der Waals surface area contributed by atoms with Crippen LogP contribution in [0.1, 0.15) is 52.9 Å². The highest BCUT2D eigenvalue weighted by atomic mass is 16.2. The molecule has 2 fully saturated rings. The summed E-state index contributed by atoms with van der Waals surface area (Å²) in [6.45, 7) is 7.68. The molecule has 0 aromatic carbocycles. The van der Waals surface area contributed by atoms with Gasteiger partial charge in [-0.25, -0.2) is 0 Å². The zero-order valence-electron chi connectivity index (χ0n) is 11.4. The topological polar surface area (TPSA) is 41.1 Å². The molecule has 1 saturated heterocycles. The van der Waals surface area contributed by atoms with Gasteiger partial charge < -0.3 is 10.6 Å². The van der Waals surface area contributed by atoms with Gasteiger partial charge in [-0.1, -0.05) is 20.3 Å². The first-order valence-electron chi connectivity index (χ1n) is 7.03. The molecule has 2 N–H and O–H groups in total. The molecule has 0 radical (unpaired) electrons. The molecule has 1 heterocycles. The molecular weight excluding hydrogens is 212 g/mol. The van der Waals surface area contributed by atoms with E-state index in [0.717, 1.165) is 25.8 Å². The highest BCUT2D eigenvalue weighted by Crippen LogP contribution is 2.42. The molecule has 0 spiro atoms. The Balaban J connectivity index is 1.88. The van der Waals surface area contributed by atoms with Gasteiger partial charge in [0.1, 0.15) is 0 Å². The number of carbonyl (C=O) groups excluding carboxylic acids is 1. The maximum atomic E-state index is 12.3. The van der Waals surface area contributed by atoms with Gasteiger partial charge in [0.25, 0.3) is 0 Å². The Bertz CT molecular complexity index is 288. The summed E-state index contributed by atoms with van der Waals surface area (Å²) in [6, 6.07) is 0.917. The van der Waals surface area contributed by atoms with E-state index < -0.39 is 0 Å². The number of piperidine rings is 1. The van der Waals surface area contributed by atoms with E-state index in [1.807, 2.05) is 0 Å². The summed E-state index contributed by atoms with van der Waals surface area (Å²) in [6.07, 6.45) is 5.60. The van der Waals surface area contributed by atoms with Crippen LogP contribution in [0.5, 0.6) is 0 Å². The fourth-order valence-corrected chi connectivity index (χ4v) is 3.38. The lowest BCUT2D eigenvalue weighted by atomic mass is 9.81. The molecule has 3 nitrogen and oxygen atoms in total. The van der Waals surface area contributed by atoms with Crippen molar-refractivity contribution in [1.82, 2.24) is 10.6 Å². The molecule has 2 aliphatic rings. The monoisotopic (exact) mass is 238 g/mol. The minimum absolute atomic E-state index is 0.197. The third-order valence-electron chi connectivity index (χ3n) is 4.54. The van der Waals surface area contributed by atoms with Crippen LogP contribution in [0.4, 0.5) is 0 Å². The highest BCUT2D eigenvalue weighted by Gasteiger charge is 2.39. The smallest absolute Gasteiger partial charge is 0.223 e. The fourth-order valence-electron chi connectivity index (χ4n) is 3.38. The van der Waals surface area contributed by atoms with E-state index in [9.17, 15) is 4.79 Å². The minimum Gasteiger partial charge on any atom is -0.353 e. The summed E-state index contributed by atoms with van der Waals surface area (Å²) in [4.78, 5) is 12.3. The molecular formula is C14H26N2O. The SMILES string of the molecule is CC1CC(NC(=O)C2CCCC2(C)C)CCN1. The number of amides is 1. The van der Waals surface area contributed by atoms with E-state index in [2.05, 4.69) is 31.4 Å². The van der Waals surface area contributed by atoms with Crippen LogP contribution in [0.25, 0.3) is 0 Å². The summed E-state index contributed by atoms with van der Waals surface area (Å²) in [5, 5.41) is 6.69. The molecule has 3 heteroatoms. The van der Waals surface area contributed by atoms with Crippen LogP contribution in [-0.2, 0) is 4.79 Å². The second-order valence-corrected chi connectivity index (χ2v) is 6.52. The predicted molar refractivity (Wildman–Crippen MR) is 69.8 cm³/mol. The van der Waals surface area contributed by atoms with Crippen LogP contribution in [0.15, 0.2) is 0 Å². The molecule has 3 unspecified atom stereocenters. The van der Waals surface area contributed by atoms with E-state index in [4.69, 9.17) is 0 Å². The molecule has 0 aromatic rings. The Kier molecular flexibility index (Phi) is 3.76. The second kappa shape index (κ2) is 4.97. The van der Waals surface area contributed by atoms with E-state index >= 15 is 0 Å². The van der Waals surface area contributed by atoms with E-state index in [-0.39, 0.29) is 11.3 Å². The first kappa shape index (κ1) is 12.9. The third kappa shape index (κ3) is 3.01. The largest absolute Gasteiger partial charge is 0.353 e. The maximum absolute atomic E-state index is 12.3. The standard InChI is InChI=1S/C14H26N2O/c1-10-9-11(6-8-15-10)16-13(17)12-5-4-7-14(12,2)3/h10-12,15H,4-9H2,1-3H3,(H,16,17). The van der Waals surface area contributed by atoms with Crippen molar-refractivity contribution in [3.8, 4) is 0 Å². The molecule has 3 atom stereocenters. The fraction of sp³-hybridized carbons (Fsp3) is 0.929. The Hall–Kier alpha value is -0.570. The van der Waals surface area contributed by atoms with Gasteiger partial charge in [0.2, 0.25) is 5.91 Å². The van der Waals surface area contributed by atoms with E-state index in [0.29, 0.717) is 18.0 Å². The van der Waals surface area contributed by atoms with Crippen molar-refractivity contribution in [2.75, 3.05) is 6.54 Å². The highest BCUT2D eigenvalue weighted by molar-refractivity contribution is 5.80. The second-order valence-electron chi connectivity index (χ2n) is 6.52. The molecule has 0 aromatic heterocycles. The first-order chi connectivity index (χ1) is 7.99. The summed E-state index contributed by atoms with van der Waals surface area (Å²) in [7, 11) is 0. The summed E-state index contributed by atoms with van der Waals surface area (Å²) < 4.78 is 0. The number of rotatable bonds is 2. The average Bonchev–Trinajstić information content (AvgIpc) is 2.58. The molecule has 17 heavy (non-hydrogen) atoms. The first-order valence-corrected chi connectivity index (χ1v) is 7.03. The van der Waals surface area contributed by atoms with E-state index in [1.165, 1.54) is 12.8 Å². The van der Waals surface area contributed by atoms with Gasteiger partial charge in [0.15, 0.2) is 0 Å². The van der Waals surface area contributed by atoms with Crippen LogP contribution in [0.3, 0.4) is 0 Å². The summed E-state index contributed by atoms with van der Waals surface area (Å²) in [5.41, 5.74) is 0.197. The van der Waals surface area contributed by atoms with Crippen LogP contribution in [0.2, 0.25) is 0 Å². The van der Waals surface area contributed by atoms with Crippen LogP contribution in [-0.4, -0.2) is 24.5 Å². The lowest BCUT2D eigenvalue weighted by molar-refractivity contribution is -0.128. The Labute approximate surface area is 105 Å². The molecule has 1 aliphatic carbocycles. The van der Waals surface area contributed by atoms with E-state index in [1.54, 1.807) is 0 Å². The van der Waals surface area contributed by atoms with Crippen molar-refractivity contribution in [2.24, 2.45) is 11.3 Å². The summed E-state index contributed by atoms with van der Waals surface area (Å²) in [5.74, 6) is 0.527. The van der Waals surface area contributed by atoms with Gasteiger partial charge in [-0.3, -0.25) is 4.79 Å². The van der Waals surface area contributed by atoms with Gasteiger partial charge in [0.05, 0.1) is 0 Å². The number of carbonyl (C=O) groups is 1. The van der Waals surface area contributed by atoms with Crippen LogP contribution in [0, 0.1) is 11.3 Å². The maximum Gasteiger partial charge on any atom is 0.223 e. The quantitative estimate of drug-likeness (QED) is 0.773. The average molecular weight is 238 g/mol. The lowest BCUT2D eigenvalue weighted by Gasteiger charge is -2.32. The summed E-state index contributed by atoms with van der Waals surface area (Å²) >= 11 is 0. The number of nitrogens with one attached hydrogen (secondary N) is 2. The van der Waals surface area contributed by atoms with Gasteiger partial charge in [-0.2, -0.15) is 0 Å². The zero-order valence-corrected chi connectivity index (χ0v) is 11.4. The lowest BCUT2D eigenvalue weighted by Crippen LogP contribution is -2.49. The van der Waals surface area contributed by atoms with Crippen molar-refractivity contribution in [3.63, 3.8) is 0 Å². The van der Waals surface area contributed by atoms with Gasteiger partial charge >= 0.3 is 0 Å². The van der Waals surface area contributed by atoms with Crippen molar-refractivity contribution in [2.45, 2.75) is 65.0 Å². The van der Waals surface area contributed by atoms with Crippen molar-refractivity contribution in [3.05, 3.63) is 0 Å². The van der Waals surface area contributed by atoms with Crippen LogP contribution >= 0.6 is 0 Å². The van der Waals surface area contributed by atoms with Gasteiger partial charge in [0, 0.05) is 18.0 Å². The van der Waals surface area contributed by atoms with Crippen molar-refractivity contribution >= 4 is 5.91 Å². The zero-order chi connectivity index (χ0) is 12.5. The van der Waals surface area contributed by atoms with Crippen molar-refractivity contribution in [1.29, 1.82) is 0 Å². The third-order valence-corrected chi connectivity index (χ3v) is 4.54. The minimum atomic E-state index is 0.197. The molecule has 1 aliphatic heterocycles. The molecule has 1 saturated carbocycles. The predicted octanol–water partition coefficient (Wildman–Crippen LogP) is 2.07. The molecule has 2 rings (SSSR count). The Morgan fingerprint density at radius 3 is 2.71 bits per heavy atom.